The second kappa shape index (κ2) is 3.26. The molecule has 0 saturated carbocycles. The van der Waals surface area contributed by atoms with Gasteiger partial charge in [-0.05, 0) is 18.1 Å². The molecule has 0 amide bonds. The van der Waals surface area contributed by atoms with Crippen molar-refractivity contribution in [3.05, 3.63) is 23.8 Å². The van der Waals surface area contributed by atoms with E-state index in [1.54, 1.807) is 0 Å². The van der Waals surface area contributed by atoms with Crippen molar-refractivity contribution >= 4 is 11.4 Å². The number of hydrogen-bond acceptors (Lipinski definition) is 3. The zero-order valence-corrected chi connectivity index (χ0v) is 7.53. The third-order valence-electron chi connectivity index (χ3n) is 2.49. The molecule has 0 spiro atoms. The molecule has 2 rings (SSSR count). The summed E-state index contributed by atoms with van der Waals surface area (Å²) in [4.78, 5) is 2.14. The van der Waals surface area contributed by atoms with Crippen LogP contribution < -0.4 is 10.6 Å². The van der Waals surface area contributed by atoms with E-state index in [4.69, 9.17) is 10.8 Å². The van der Waals surface area contributed by atoms with Gasteiger partial charge in [0.25, 0.3) is 0 Å². The minimum Gasteiger partial charge on any atom is -0.397 e. The Morgan fingerprint density at radius 1 is 1.46 bits per heavy atom. The van der Waals surface area contributed by atoms with E-state index in [0.29, 0.717) is 6.54 Å². The van der Waals surface area contributed by atoms with Crippen molar-refractivity contribution in [3.63, 3.8) is 0 Å². The van der Waals surface area contributed by atoms with Crippen molar-refractivity contribution < 1.29 is 5.11 Å². The van der Waals surface area contributed by atoms with Crippen LogP contribution in [0.3, 0.4) is 0 Å². The van der Waals surface area contributed by atoms with Gasteiger partial charge >= 0.3 is 0 Å². The van der Waals surface area contributed by atoms with E-state index in [9.17, 15) is 0 Å². The molecule has 0 bridgehead atoms. The summed E-state index contributed by atoms with van der Waals surface area (Å²) >= 11 is 0. The summed E-state index contributed by atoms with van der Waals surface area (Å²) in [5, 5.41) is 8.86. The first kappa shape index (κ1) is 8.38. The first-order valence-corrected chi connectivity index (χ1v) is 4.56. The number of anilines is 2. The first-order valence-electron chi connectivity index (χ1n) is 4.56. The van der Waals surface area contributed by atoms with E-state index in [0.717, 1.165) is 24.3 Å². The maximum Gasteiger partial charge on any atom is 0.0634 e. The molecule has 1 aliphatic rings. The Morgan fingerprint density at radius 3 is 3.08 bits per heavy atom. The molecule has 0 fully saturated rings. The van der Waals surface area contributed by atoms with Crippen LogP contribution in [0.4, 0.5) is 11.4 Å². The van der Waals surface area contributed by atoms with Crippen LogP contribution in [-0.4, -0.2) is 24.8 Å². The average Bonchev–Trinajstić information content (AvgIpc) is 2.51. The summed E-state index contributed by atoms with van der Waals surface area (Å²) < 4.78 is 0. The fraction of sp³-hybridized carbons (Fsp3) is 0.400. The quantitative estimate of drug-likeness (QED) is 0.653. The van der Waals surface area contributed by atoms with E-state index in [1.165, 1.54) is 5.56 Å². The molecule has 0 radical (unpaired) electrons. The van der Waals surface area contributed by atoms with E-state index >= 15 is 0 Å². The lowest BCUT2D eigenvalue weighted by Crippen LogP contribution is -2.24. The van der Waals surface area contributed by atoms with Crippen LogP contribution >= 0.6 is 0 Å². The molecule has 13 heavy (non-hydrogen) atoms. The predicted octanol–water partition coefficient (Wildman–Crippen LogP) is 0.624. The molecule has 0 saturated heterocycles. The molecular formula is C10H14N2O. The standard InChI is InChI=1S/C10H14N2O/c11-9-3-1-2-8-4-5-12(6-7-13)10(8)9/h1-3,13H,4-7,11H2. The topological polar surface area (TPSA) is 49.5 Å². The highest BCUT2D eigenvalue weighted by Crippen LogP contribution is 2.32. The van der Waals surface area contributed by atoms with E-state index in [-0.39, 0.29) is 6.61 Å². The number of aliphatic hydroxyl groups is 1. The summed E-state index contributed by atoms with van der Waals surface area (Å²) in [6, 6.07) is 5.99. The van der Waals surface area contributed by atoms with Crippen LogP contribution in [0.25, 0.3) is 0 Å². The minimum atomic E-state index is 0.188. The van der Waals surface area contributed by atoms with Crippen molar-refractivity contribution in [2.45, 2.75) is 6.42 Å². The summed E-state index contributed by atoms with van der Waals surface area (Å²) in [5.74, 6) is 0. The van der Waals surface area contributed by atoms with Crippen molar-refractivity contribution in [1.82, 2.24) is 0 Å². The maximum atomic E-state index is 8.86. The average molecular weight is 178 g/mol. The Bertz CT molecular complexity index is 310. The lowest BCUT2D eigenvalue weighted by atomic mass is 10.1. The molecule has 1 aliphatic heterocycles. The van der Waals surface area contributed by atoms with E-state index in [1.807, 2.05) is 12.1 Å². The van der Waals surface area contributed by atoms with Gasteiger partial charge in [0.2, 0.25) is 0 Å². The molecule has 1 heterocycles. The molecule has 0 aliphatic carbocycles. The SMILES string of the molecule is Nc1cccc2c1N(CCO)CC2. The molecule has 70 valence electrons. The molecule has 1 aromatic rings. The zero-order valence-electron chi connectivity index (χ0n) is 7.53. The van der Waals surface area contributed by atoms with Gasteiger partial charge in [0.15, 0.2) is 0 Å². The van der Waals surface area contributed by atoms with Crippen LogP contribution in [0.5, 0.6) is 0 Å². The van der Waals surface area contributed by atoms with Crippen molar-refractivity contribution in [1.29, 1.82) is 0 Å². The van der Waals surface area contributed by atoms with Gasteiger partial charge in [0.05, 0.1) is 18.0 Å². The number of aliphatic hydroxyl groups excluding tert-OH is 1. The van der Waals surface area contributed by atoms with Gasteiger partial charge in [-0.3, -0.25) is 0 Å². The van der Waals surface area contributed by atoms with Gasteiger partial charge in [0, 0.05) is 13.1 Å². The number of nitrogens with two attached hydrogens (primary N) is 1. The molecule has 0 aromatic heterocycles. The summed E-state index contributed by atoms with van der Waals surface area (Å²) in [5.41, 5.74) is 9.11. The summed E-state index contributed by atoms with van der Waals surface area (Å²) in [6.07, 6.45) is 1.04. The molecule has 3 heteroatoms. The van der Waals surface area contributed by atoms with Crippen LogP contribution in [0, 0.1) is 0 Å². The number of hydrogen-bond donors (Lipinski definition) is 2. The Kier molecular flexibility index (Phi) is 2.10. The van der Waals surface area contributed by atoms with Crippen LogP contribution in [0.15, 0.2) is 18.2 Å². The molecule has 3 N–H and O–H groups in total. The van der Waals surface area contributed by atoms with Gasteiger partial charge in [-0.1, -0.05) is 12.1 Å². The second-order valence-electron chi connectivity index (χ2n) is 3.32. The molecule has 1 aromatic carbocycles. The number of para-hydroxylation sites is 1. The van der Waals surface area contributed by atoms with Crippen molar-refractivity contribution in [2.24, 2.45) is 0 Å². The molecule has 3 nitrogen and oxygen atoms in total. The lowest BCUT2D eigenvalue weighted by molar-refractivity contribution is 0.303. The Balaban J connectivity index is 2.34. The molecule has 0 atom stereocenters. The van der Waals surface area contributed by atoms with Crippen LogP contribution in [0.1, 0.15) is 5.56 Å². The Labute approximate surface area is 77.8 Å². The Morgan fingerprint density at radius 2 is 2.31 bits per heavy atom. The Hall–Kier alpha value is -1.22. The predicted molar refractivity (Wildman–Crippen MR) is 53.9 cm³/mol. The van der Waals surface area contributed by atoms with E-state index < -0.39 is 0 Å². The third kappa shape index (κ3) is 1.35. The van der Waals surface area contributed by atoms with Crippen LogP contribution in [-0.2, 0) is 6.42 Å². The first-order chi connectivity index (χ1) is 6.33. The maximum absolute atomic E-state index is 8.86. The highest BCUT2D eigenvalue weighted by molar-refractivity contribution is 5.74. The minimum absolute atomic E-state index is 0.188. The lowest BCUT2D eigenvalue weighted by Gasteiger charge is -2.19. The number of fused-ring (bicyclic) bond motifs is 1. The third-order valence-corrected chi connectivity index (χ3v) is 2.49. The number of nitrogen functional groups attached to an aromatic ring is 1. The summed E-state index contributed by atoms with van der Waals surface area (Å²) in [6.45, 7) is 1.85. The number of benzene rings is 1. The van der Waals surface area contributed by atoms with Gasteiger partial charge < -0.3 is 15.7 Å². The van der Waals surface area contributed by atoms with Crippen molar-refractivity contribution in [2.75, 3.05) is 30.3 Å². The largest absolute Gasteiger partial charge is 0.397 e. The monoisotopic (exact) mass is 178 g/mol. The number of β-amino-alcohol motifs (C(OH)–C–C–N with tert-alkyl or cyclic N) is 1. The van der Waals surface area contributed by atoms with Gasteiger partial charge in [-0.15, -0.1) is 0 Å². The number of rotatable bonds is 2. The van der Waals surface area contributed by atoms with Gasteiger partial charge in [-0.2, -0.15) is 0 Å². The fourth-order valence-electron chi connectivity index (χ4n) is 1.91. The molecular weight excluding hydrogens is 164 g/mol. The highest BCUT2D eigenvalue weighted by atomic mass is 16.3. The second-order valence-corrected chi connectivity index (χ2v) is 3.32. The normalized spacial score (nSPS) is 14.7. The number of nitrogens with zero attached hydrogens (tertiary/aromatic N) is 1. The van der Waals surface area contributed by atoms with E-state index in [2.05, 4.69) is 11.0 Å². The smallest absolute Gasteiger partial charge is 0.0634 e. The highest BCUT2D eigenvalue weighted by Gasteiger charge is 2.19. The summed E-state index contributed by atoms with van der Waals surface area (Å²) in [7, 11) is 0. The molecule has 0 unspecified atom stereocenters. The zero-order chi connectivity index (χ0) is 9.26. The fourth-order valence-corrected chi connectivity index (χ4v) is 1.91. The van der Waals surface area contributed by atoms with Crippen molar-refractivity contribution in [3.8, 4) is 0 Å². The van der Waals surface area contributed by atoms with Crippen LogP contribution in [0.2, 0.25) is 0 Å². The van der Waals surface area contributed by atoms with Gasteiger partial charge in [0.1, 0.15) is 0 Å². The van der Waals surface area contributed by atoms with Gasteiger partial charge in [-0.25, -0.2) is 0 Å².